The van der Waals surface area contributed by atoms with Gasteiger partial charge < -0.3 is 10.2 Å². The molecule has 1 aromatic rings. The van der Waals surface area contributed by atoms with E-state index in [-0.39, 0.29) is 22.7 Å². The lowest BCUT2D eigenvalue weighted by atomic mass is 10.1. The number of rotatable bonds is 3. The zero-order chi connectivity index (χ0) is 15.6. The maximum Gasteiger partial charge on any atom is 0.254 e. The van der Waals surface area contributed by atoms with E-state index < -0.39 is 10.0 Å². The Morgan fingerprint density at radius 1 is 1.48 bits per heavy atom. The maximum atomic E-state index is 12.5. The Balaban J connectivity index is 2.23. The van der Waals surface area contributed by atoms with E-state index in [4.69, 9.17) is 11.6 Å². The van der Waals surface area contributed by atoms with E-state index in [1.54, 1.807) is 11.0 Å². The molecule has 1 fully saturated rings. The molecule has 0 unspecified atom stereocenters. The molecule has 8 heteroatoms. The molecule has 2 N–H and O–H groups in total. The second kappa shape index (κ2) is 6.21. The summed E-state index contributed by atoms with van der Waals surface area (Å²) in [7, 11) is -3.45. The van der Waals surface area contributed by atoms with Crippen molar-refractivity contribution in [2.45, 2.75) is 13.0 Å². The molecular weight excluding hydrogens is 314 g/mol. The van der Waals surface area contributed by atoms with E-state index in [2.05, 4.69) is 10.0 Å². The first kappa shape index (κ1) is 16.1. The minimum atomic E-state index is -3.45. The first-order valence-electron chi connectivity index (χ1n) is 6.56. The number of anilines is 1. The second-order valence-corrected chi connectivity index (χ2v) is 7.33. The standard InChI is InChI=1S/C13H18ClN3O3S/c1-9-8-17(6-5-15-9)13(18)10-3-4-11(14)12(7-10)16-21(2,19)20/h3-4,7,9,15-16H,5-6,8H2,1-2H3/t9-/m1/s1. The van der Waals surface area contributed by atoms with Crippen molar-refractivity contribution in [1.82, 2.24) is 10.2 Å². The van der Waals surface area contributed by atoms with Crippen LogP contribution >= 0.6 is 11.6 Å². The summed E-state index contributed by atoms with van der Waals surface area (Å²) >= 11 is 5.95. The molecule has 0 radical (unpaired) electrons. The van der Waals surface area contributed by atoms with E-state index >= 15 is 0 Å². The quantitative estimate of drug-likeness (QED) is 0.870. The zero-order valence-electron chi connectivity index (χ0n) is 11.9. The summed E-state index contributed by atoms with van der Waals surface area (Å²) in [4.78, 5) is 14.2. The molecular formula is C13H18ClN3O3S. The van der Waals surface area contributed by atoms with Crippen LogP contribution in [0.3, 0.4) is 0 Å². The summed E-state index contributed by atoms with van der Waals surface area (Å²) in [5, 5.41) is 3.52. The number of carbonyl (C=O) groups is 1. The fourth-order valence-corrected chi connectivity index (χ4v) is 3.02. The van der Waals surface area contributed by atoms with Gasteiger partial charge in [0.05, 0.1) is 17.0 Å². The van der Waals surface area contributed by atoms with Crippen LogP contribution in [0.25, 0.3) is 0 Å². The molecule has 0 saturated carbocycles. The van der Waals surface area contributed by atoms with Crippen molar-refractivity contribution < 1.29 is 13.2 Å². The average Bonchev–Trinajstić information content (AvgIpc) is 2.39. The van der Waals surface area contributed by atoms with Crippen LogP contribution in [0.2, 0.25) is 5.02 Å². The Morgan fingerprint density at radius 2 is 2.19 bits per heavy atom. The molecule has 0 bridgehead atoms. The molecule has 1 aliphatic rings. The Morgan fingerprint density at radius 3 is 2.81 bits per heavy atom. The van der Waals surface area contributed by atoms with Crippen LogP contribution in [-0.2, 0) is 10.0 Å². The fourth-order valence-electron chi connectivity index (χ4n) is 2.24. The molecule has 1 aromatic carbocycles. The number of halogens is 1. The van der Waals surface area contributed by atoms with Crippen molar-refractivity contribution in [3.8, 4) is 0 Å². The van der Waals surface area contributed by atoms with Crippen molar-refractivity contribution in [3.05, 3.63) is 28.8 Å². The SMILES string of the molecule is C[C@@H]1CN(C(=O)c2ccc(Cl)c(NS(C)(=O)=O)c2)CCN1. The normalized spacial score (nSPS) is 19.4. The van der Waals surface area contributed by atoms with Crippen LogP contribution in [0.5, 0.6) is 0 Å². The van der Waals surface area contributed by atoms with Crippen molar-refractivity contribution >= 4 is 33.2 Å². The van der Waals surface area contributed by atoms with Gasteiger partial charge in [-0.15, -0.1) is 0 Å². The highest BCUT2D eigenvalue weighted by molar-refractivity contribution is 7.92. The van der Waals surface area contributed by atoms with Gasteiger partial charge in [0.15, 0.2) is 0 Å². The monoisotopic (exact) mass is 331 g/mol. The number of benzene rings is 1. The summed E-state index contributed by atoms with van der Waals surface area (Å²) in [6.07, 6.45) is 1.04. The largest absolute Gasteiger partial charge is 0.336 e. The van der Waals surface area contributed by atoms with Crippen molar-refractivity contribution in [1.29, 1.82) is 0 Å². The Kier molecular flexibility index (Phi) is 4.75. The maximum absolute atomic E-state index is 12.5. The van der Waals surface area contributed by atoms with Crippen molar-refractivity contribution in [2.75, 3.05) is 30.6 Å². The molecule has 0 aliphatic carbocycles. The van der Waals surface area contributed by atoms with E-state index in [0.717, 1.165) is 12.8 Å². The smallest absolute Gasteiger partial charge is 0.254 e. The molecule has 1 amide bonds. The molecule has 21 heavy (non-hydrogen) atoms. The first-order valence-corrected chi connectivity index (χ1v) is 8.83. The van der Waals surface area contributed by atoms with Gasteiger partial charge in [0.2, 0.25) is 10.0 Å². The molecule has 1 aliphatic heterocycles. The fraction of sp³-hybridized carbons (Fsp3) is 0.462. The van der Waals surface area contributed by atoms with E-state index in [0.29, 0.717) is 18.7 Å². The zero-order valence-corrected chi connectivity index (χ0v) is 13.5. The summed E-state index contributed by atoms with van der Waals surface area (Å²) < 4.78 is 24.9. The lowest BCUT2D eigenvalue weighted by Gasteiger charge is -2.32. The van der Waals surface area contributed by atoms with Gasteiger partial charge in [-0.2, -0.15) is 0 Å². The second-order valence-electron chi connectivity index (χ2n) is 5.18. The van der Waals surface area contributed by atoms with Crippen LogP contribution in [-0.4, -0.2) is 51.2 Å². The Labute approximate surface area is 129 Å². The molecule has 116 valence electrons. The van der Waals surface area contributed by atoms with Gasteiger partial charge in [-0.3, -0.25) is 9.52 Å². The third kappa shape index (κ3) is 4.33. The lowest BCUT2D eigenvalue weighted by molar-refractivity contribution is 0.0709. The van der Waals surface area contributed by atoms with Gasteiger partial charge in [-0.1, -0.05) is 11.6 Å². The Hall–Kier alpha value is -1.31. The summed E-state index contributed by atoms with van der Waals surface area (Å²) in [6, 6.07) is 4.83. The van der Waals surface area contributed by atoms with E-state index in [9.17, 15) is 13.2 Å². The van der Waals surface area contributed by atoms with Crippen LogP contribution in [0, 0.1) is 0 Å². The van der Waals surface area contributed by atoms with Crippen molar-refractivity contribution in [3.63, 3.8) is 0 Å². The third-order valence-electron chi connectivity index (χ3n) is 3.16. The van der Waals surface area contributed by atoms with Gasteiger partial charge in [-0.05, 0) is 25.1 Å². The first-order chi connectivity index (χ1) is 9.76. The summed E-state index contributed by atoms with van der Waals surface area (Å²) in [5.74, 6) is -0.128. The number of nitrogens with zero attached hydrogens (tertiary/aromatic N) is 1. The van der Waals surface area contributed by atoms with Crippen molar-refractivity contribution in [2.24, 2.45) is 0 Å². The van der Waals surface area contributed by atoms with Gasteiger partial charge in [0, 0.05) is 31.2 Å². The summed E-state index contributed by atoms with van der Waals surface area (Å²) in [5.41, 5.74) is 0.632. The predicted octanol–water partition coefficient (Wildman–Crippen LogP) is 1.15. The number of hydrogen-bond donors (Lipinski definition) is 2. The van der Waals surface area contributed by atoms with Crippen LogP contribution in [0.1, 0.15) is 17.3 Å². The number of hydrogen-bond acceptors (Lipinski definition) is 4. The Bertz CT molecular complexity index is 648. The van der Waals surface area contributed by atoms with Gasteiger partial charge in [-0.25, -0.2) is 8.42 Å². The van der Waals surface area contributed by atoms with Gasteiger partial charge >= 0.3 is 0 Å². The highest BCUT2D eigenvalue weighted by Gasteiger charge is 2.22. The van der Waals surface area contributed by atoms with Gasteiger partial charge in [0.25, 0.3) is 5.91 Å². The van der Waals surface area contributed by atoms with Crippen LogP contribution in [0.4, 0.5) is 5.69 Å². The predicted molar refractivity (Wildman–Crippen MR) is 83.3 cm³/mol. The van der Waals surface area contributed by atoms with E-state index in [1.807, 2.05) is 6.92 Å². The van der Waals surface area contributed by atoms with E-state index in [1.165, 1.54) is 12.1 Å². The molecule has 6 nitrogen and oxygen atoms in total. The van der Waals surface area contributed by atoms with Crippen LogP contribution < -0.4 is 10.0 Å². The molecule has 2 rings (SSSR count). The highest BCUT2D eigenvalue weighted by Crippen LogP contribution is 2.24. The minimum Gasteiger partial charge on any atom is -0.336 e. The number of piperazine rings is 1. The highest BCUT2D eigenvalue weighted by atomic mass is 35.5. The number of sulfonamides is 1. The molecule has 1 atom stereocenters. The number of carbonyl (C=O) groups excluding carboxylic acids is 1. The molecule has 0 spiro atoms. The van der Waals surface area contributed by atoms with Gasteiger partial charge in [0.1, 0.15) is 0 Å². The lowest BCUT2D eigenvalue weighted by Crippen LogP contribution is -2.51. The topological polar surface area (TPSA) is 78.5 Å². The molecule has 1 saturated heterocycles. The molecule has 0 aromatic heterocycles. The molecule has 1 heterocycles. The number of amides is 1. The third-order valence-corrected chi connectivity index (χ3v) is 4.08. The summed E-state index contributed by atoms with van der Waals surface area (Å²) in [6.45, 7) is 4.00. The minimum absolute atomic E-state index is 0.128. The van der Waals surface area contributed by atoms with Crippen LogP contribution in [0.15, 0.2) is 18.2 Å². The average molecular weight is 332 g/mol. The number of nitrogens with one attached hydrogen (secondary N) is 2.